The van der Waals surface area contributed by atoms with E-state index in [0.717, 1.165) is 19.3 Å². The molecule has 0 spiro atoms. The van der Waals surface area contributed by atoms with Crippen LogP contribution in [-0.2, 0) is 9.53 Å². The lowest BCUT2D eigenvalue weighted by Gasteiger charge is -2.37. The van der Waals surface area contributed by atoms with Crippen molar-refractivity contribution in [3.63, 3.8) is 0 Å². The van der Waals surface area contributed by atoms with Crippen LogP contribution in [0.15, 0.2) is 30.3 Å². The SMILES string of the molecule is CC(C)[C@@H]1CC[C@@H](C)C[C@H]1OC(=O)N[C@H]1C[C@H](c2ccccc2)CCC1=O. The highest BCUT2D eigenvalue weighted by molar-refractivity contribution is 5.88. The van der Waals surface area contributed by atoms with E-state index in [1.54, 1.807) is 0 Å². The third kappa shape index (κ3) is 5.12. The molecule has 0 aliphatic heterocycles. The highest BCUT2D eigenvalue weighted by Gasteiger charge is 2.35. The summed E-state index contributed by atoms with van der Waals surface area (Å²) in [6.45, 7) is 6.62. The lowest BCUT2D eigenvalue weighted by Crippen LogP contribution is -2.46. The number of ether oxygens (including phenoxy) is 1. The van der Waals surface area contributed by atoms with Crippen molar-refractivity contribution in [2.24, 2.45) is 17.8 Å². The Morgan fingerprint density at radius 1 is 1.11 bits per heavy atom. The van der Waals surface area contributed by atoms with Gasteiger partial charge in [0.05, 0.1) is 6.04 Å². The van der Waals surface area contributed by atoms with Gasteiger partial charge < -0.3 is 10.1 Å². The smallest absolute Gasteiger partial charge is 0.408 e. The Hall–Kier alpha value is -1.84. The number of Topliss-reactive ketones (excluding diaryl/α,β-unsaturated/α-hetero) is 1. The van der Waals surface area contributed by atoms with Crippen LogP contribution in [-0.4, -0.2) is 24.0 Å². The molecule has 0 aromatic heterocycles. The summed E-state index contributed by atoms with van der Waals surface area (Å²) in [5.74, 6) is 1.92. The average Bonchev–Trinajstić information content (AvgIpc) is 2.64. The molecule has 2 fully saturated rings. The minimum absolute atomic E-state index is 0.0441. The van der Waals surface area contributed by atoms with Gasteiger partial charge in [0.2, 0.25) is 0 Å². The van der Waals surface area contributed by atoms with Crippen LogP contribution in [0.1, 0.15) is 70.8 Å². The number of ketones is 1. The number of hydrogen-bond acceptors (Lipinski definition) is 3. The summed E-state index contributed by atoms with van der Waals surface area (Å²) in [6, 6.07) is 9.83. The first-order chi connectivity index (χ1) is 12.9. The van der Waals surface area contributed by atoms with Gasteiger partial charge in [-0.2, -0.15) is 0 Å². The molecule has 4 heteroatoms. The van der Waals surface area contributed by atoms with Crippen molar-refractivity contribution >= 4 is 11.9 Å². The van der Waals surface area contributed by atoms with Gasteiger partial charge in [-0.3, -0.25) is 4.79 Å². The first-order valence-electron chi connectivity index (χ1n) is 10.5. The van der Waals surface area contributed by atoms with E-state index in [1.807, 2.05) is 18.2 Å². The zero-order chi connectivity index (χ0) is 19.4. The second-order valence-electron chi connectivity index (χ2n) is 8.82. The number of benzene rings is 1. The zero-order valence-corrected chi connectivity index (χ0v) is 16.8. The van der Waals surface area contributed by atoms with Crippen molar-refractivity contribution in [1.29, 1.82) is 0 Å². The molecule has 4 nitrogen and oxygen atoms in total. The van der Waals surface area contributed by atoms with Crippen LogP contribution < -0.4 is 5.32 Å². The second kappa shape index (κ2) is 8.90. The number of rotatable bonds is 4. The fraction of sp³-hybridized carbons (Fsp3) is 0.652. The second-order valence-corrected chi connectivity index (χ2v) is 8.82. The molecule has 0 radical (unpaired) electrons. The predicted octanol–water partition coefficient (Wildman–Crippen LogP) is 5.08. The van der Waals surface area contributed by atoms with E-state index in [4.69, 9.17) is 4.74 Å². The summed E-state index contributed by atoms with van der Waals surface area (Å²) >= 11 is 0. The standard InChI is InChI=1S/C23H33NO3/c1-15(2)19-11-9-16(3)13-22(19)27-23(26)24-20-14-18(10-12-21(20)25)17-7-5-4-6-8-17/h4-8,15-16,18-20,22H,9-14H2,1-3H3,(H,24,26)/t16-,18-,19+,20+,22-/m1/s1. The molecule has 2 saturated carbocycles. The molecular weight excluding hydrogens is 338 g/mol. The lowest BCUT2D eigenvalue weighted by atomic mass is 9.75. The van der Waals surface area contributed by atoms with Gasteiger partial charge >= 0.3 is 6.09 Å². The minimum Gasteiger partial charge on any atom is -0.446 e. The summed E-state index contributed by atoms with van der Waals surface area (Å²) < 4.78 is 5.83. The molecule has 0 unspecified atom stereocenters. The van der Waals surface area contributed by atoms with E-state index in [9.17, 15) is 9.59 Å². The first kappa shape index (κ1) is 19.9. The number of carbonyl (C=O) groups excluding carboxylic acids is 2. The van der Waals surface area contributed by atoms with Gasteiger partial charge in [-0.1, -0.05) is 57.5 Å². The molecule has 5 atom stereocenters. The summed E-state index contributed by atoms with van der Waals surface area (Å²) in [5.41, 5.74) is 1.24. The van der Waals surface area contributed by atoms with Gasteiger partial charge in [-0.15, -0.1) is 0 Å². The number of amides is 1. The van der Waals surface area contributed by atoms with Gasteiger partial charge in [-0.05, 0) is 54.9 Å². The predicted molar refractivity (Wildman–Crippen MR) is 107 cm³/mol. The normalized spacial score (nSPS) is 31.6. The Morgan fingerprint density at radius 3 is 2.56 bits per heavy atom. The van der Waals surface area contributed by atoms with Gasteiger partial charge in [0, 0.05) is 6.42 Å². The highest BCUT2D eigenvalue weighted by Crippen LogP contribution is 2.36. The quantitative estimate of drug-likeness (QED) is 0.803. The summed E-state index contributed by atoms with van der Waals surface area (Å²) in [5, 5.41) is 2.88. The Morgan fingerprint density at radius 2 is 1.85 bits per heavy atom. The summed E-state index contributed by atoms with van der Waals surface area (Å²) in [4.78, 5) is 24.9. The Labute approximate surface area is 163 Å². The molecule has 3 rings (SSSR count). The van der Waals surface area contributed by atoms with Crippen LogP contribution in [0.25, 0.3) is 0 Å². The van der Waals surface area contributed by atoms with E-state index in [-0.39, 0.29) is 11.9 Å². The van der Waals surface area contributed by atoms with Crippen LogP contribution in [0.4, 0.5) is 4.79 Å². The van der Waals surface area contributed by atoms with Crippen LogP contribution >= 0.6 is 0 Å². The average molecular weight is 372 g/mol. The Balaban J connectivity index is 1.59. The maximum atomic E-state index is 12.6. The molecule has 1 N–H and O–H groups in total. The Kier molecular flexibility index (Phi) is 6.56. The van der Waals surface area contributed by atoms with E-state index in [2.05, 4.69) is 38.2 Å². The van der Waals surface area contributed by atoms with Crippen molar-refractivity contribution in [2.45, 2.75) is 77.4 Å². The van der Waals surface area contributed by atoms with E-state index in [0.29, 0.717) is 36.5 Å². The molecule has 1 aromatic carbocycles. The lowest BCUT2D eigenvalue weighted by molar-refractivity contribution is -0.122. The molecule has 148 valence electrons. The summed E-state index contributed by atoms with van der Waals surface area (Å²) in [7, 11) is 0. The largest absolute Gasteiger partial charge is 0.446 e. The number of nitrogens with one attached hydrogen (secondary N) is 1. The number of hydrogen-bond donors (Lipinski definition) is 1. The molecule has 1 amide bonds. The van der Waals surface area contributed by atoms with E-state index < -0.39 is 12.1 Å². The van der Waals surface area contributed by atoms with Gasteiger partial charge in [0.25, 0.3) is 0 Å². The molecule has 27 heavy (non-hydrogen) atoms. The number of carbonyl (C=O) groups is 2. The fourth-order valence-corrected chi connectivity index (χ4v) is 4.76. The number of alkyl carbamates (subject to hydrolysis) is 1. The van der Waals surface area contributed by atoms with Crippen molar-refractivity contribution < 1.29 is 14.3 Å². The fourth-order valence-electron chi connectivity index (χ4n) is 4.76. The van der Waals surface area contributed by atoms with Crippen LogP contribution in [0.3, 0.4) is 0 Å². The molecule has 0 heterocycles. The first-order valence-corrected chi connectivity index (χ1v) is 10.5. The topological polar surface area (TPSA) is 55.4 Å². The van der Waals surface area contributed by atoms with Crippen LogP contribution in [0, 0.1) is 17.8 Å². The minimum atomic E-state index is -0.435. The molecule has 0 bridgehead atoms. The van der Waals surface area contributed by atoms with Crippen LogP contribution in [0.5, 0.6) is 0 Å². The zero-order valence-electron chi connectivity index (χ0n) is 16.8. The van der Waals surface area contributed by atoms with E-state index >= 15 is 0 Å². The summed E-state index contributed by atoms with van der Waals surface area (Å²) in [6.07, 6.45) is 4.78. The van der Waals surface area contributed by atoms with Crippen molar-refractivity contribution in [2.75, 3.05) is 0 Å². The van der Waals surface area contributed by atoms with Crippen molar-refractivity contribution in [3.05, 3.63) is 35.9 Å². The molecule has 1 aromatic rings. The molecule has 2 aliphatic rings. The van der Waals surface area contributed by atoms with Gasteiger partial charge in [0.1, 0.15) is 6.10 Å². The molecular formula is C23H33NO3. The van der Waals surface area contributed by atoms with Gasteiger partial charge in [0.15, 0.2) is 5.78 Å². The molecule has 0 saturated heterocycles. The van der Waals surface area contributed by atoms with Gasteiger partial charge in [-0.25, -0.2) is 4.79 Å². The van der Waals surface area contributed by atoms with E-state index in [1.165, 1.54) is 12.0 Å². The van der Waals surface area contributed by atoms with Crippen molar-refractivity contribution in [1.82, 2.24) is 5.32 Å². The third-order valence-electron chi connectivity index (χ3n) is 6.43. The van der Waals surface area contributed by atoms with Crippen LogP contribution in [0.2, 0.25) is 0 Å². The maximum Gasteiger partial charge on any atom is 0.408 e. The third-order valence-corrected chi connectivity index (χ3v) is 6.43. The van der Waals surface area contributed by atoms with Crippen molar-refractivity contribution in [3.8, 4) is 0 Å². The monoisotopic (exact) mass is 371 g/mol. The maximum absolute atomic E-state index is 12.6. The molecule has 2 aliphatic carbocycles. The Bertz CT molecular complexity index is 642. The highest BCUT2D eigenvalue weighted by atomic mass is 16.6.